The van der Waals surface area contributed by atoms with Gasteiger partial charge < -0.3 is 18.9 Å². The molecule has 2 aliphatic heterocycles. The number of hydrogen-bond acceptors (Lipinski definition) is 4. The number of methoxy groups -OCH3 is 2. The molecule has 0 spiro atoms. The van der Waals surface area contributed by atoms with Gasteiger partial charge in [0.2, 0.25) is 0 Å². The summed E-state index contributed by atoms with van der Waals surface area (Å²) in [6.07, 6.45) is 0.852. The minimum atomic E-state index is 0.426. The molecule has 2 atom stereocenters. The van der Waals surface area contributed by atoms with Crippen LogP contribution in [0.2, 0.25) is 0 Å². The van der Waals surface area contributed by atoms with Gasteiger partial charge in [0.15, 0.2) is 0 Å². The largest absolute Gasteiger partial charge is 0.382 e. The molecule has 0 N–H and O–H groups in total. The number of rotatable bonds is 4. The van der Waals surface area contributed by atoms with Crippen LogP contribution in [0, 0.1) is 0 Å². The SMILES string of the molecule is CC.CC.COCC1CO1.COCC1CO1.c1ccc2ccccc2c1. The van der Waals surface area contributed by atoms with Crippen LogP contribution in [0.3, 0.4) is 0 Å². The molecule has 0 saturated carbocycles. The van der Waals surface area contributed by atoms with Crippen molar-refractivity contribution in [2.75, 3.05) is 40.6 Å². The third kappa shape index (κ3) is 12.8. The summed E-state index contributed by atoms with van der Waals surface area (Å²) in [7, 11) is 3.36. The highest BCUT2D eigenvalue weighted by Gasteiger charge is 2.21. The van der Waals surface area contributed by atoms with Gasteiger partial charge >= 0.3 is 0 Å². The Morgan fingerprint density at radius 3 is 1.12 bits per heavy atom. The summed E-state index contributed by atoms with van der Waals surface area (Å²) < 4.78 is 19.1. The molecule has 2 unspecified atom stereocenters. The quantitative estimate of drug-likeness (QED) is 0.720. The maximum atomic E-state index is 4.82. The Balaban J connectivity index is 0.000000343. The smallest absolute Gasteiger partial charge is 0.104 e. The fourth-order valence-electron chi connectivity index (χ4n) is 1.83. The van der Waals surface area contributed by atoms with Crippen LogP contribution in [-0.4, -0.2) is 52.9 Å². The lowest BCUT2D eigenvalue weighted by Crippen LogP contribution is -1.94. The number of ether oxygens (including phenoxy) is 4. The fraction of sp³-hybridized carbons (Fsp3) is 0.545. The monoisotopic (exact) mass is 364 g/mol. The van der Waals surface area contributed by atoms with Crippen molar-refractivity contribution in [2.24, 2.45) is 0 Å². The molecule has 0 amide bonds. The van der Waals surface area contributed by atoms with Crippen molar-refractivity contribution in [3.63, 3.8) is 0 Å². The Labute approximate surface area is 159 Å². The van der Waals surface area contributed by atoms with Crippen molar-refractivity contribution in [3.8, 4) is 0 Å². The molecule has 4 rings (SSSR count). The highest BCUT2D eigenvalue weighted by molar-refractivity contribution is 5.81. The number of hydrogen-bond donors (Lipinski definition) is 0. The van der Waals surface area contributed by atoms with Crippen LogP contribution >= 0.6 is 0 Å². The molecule has 2 heterocycles. The van der Waals surface area contributed by atoms with Gasteiger partial charge in [0.1, 0.15) is 12.2 Å². The Hall–Kier alpha value is -1.46. The number of epoxide rings is 2. The van der Waals surface area contributed by atoms with Gasteiger partial charge in [-0.25, -0.2) is 0 Å². The normalized spacial score (nSPS) is 18.4. The number of benzene rings is 2. The van der Waals surface area contributed by atoms with Gasteiger partial charge in [0.05, 0.1) is 26.4 Å². The summed E-state index contributed by atoms with van der Waals surface area (Å²) in [5.41, 5.74) is 0. The van der Waals surface area contributed by atoms with Crippen molar-refractivity contribution in [1.82, 2.24) is 0 Å². The van der Waals surface area contributed by atoms with Crippen LogP contribution in [-0.2, 0) is 18.9 Å². The van der Waals surface area contributed by atoms with Gasteiger partial charge in [-0.3, -0.25) is 0 Å². The van der Waals surface area contributed by atoms with E-state index in [-0.39, 0.29) is 0 Å². The molecule has 4 heteroatoms. The number of fused-ring (bicyclic) bond motifs is 1. The van der Waals surface area contributed by atoms with E-state index in [2.05, 4.69) is 48.5 Å². The molecule has 148 valence electrons. The van der Waals surface area contributed by atoms with Crippen molar-refractivity contribution in [1.29, 1.82) is 0 Å². The van der Waals surface area contributed by atoms with E-state index in [0.717, 1.165) is 26.4 Å². The van der Waals surface area contributed by atoms with E-state index in [1.807, 2.05) is 27.7 Å². The molecule has 0 bridgehead atoms. The van der Waals surface area contributed by atoms with E-state index < -0.39 is 0 Å². The summed E-state index contributed by atoms with van der Waals surface area (Å²) in [6, 6.07) is 16.7. The standard InChI is InChI=1S/C10H8.2C4H8O2.2C2H6/c1-2-6-10-8-4-3-7-9(10)5-1;2*1-5-2-4-3-6-4;2*1-2/h1-8H;2*4H,2-3H2,1H3;2*1-2H3. The molecule has 2 aromatic carbocycles. The fourth-order valence-corrected chi connectivity index (χ4v) is 1.83. The molecular weight excluding hydrogens is 328 g/mol. The molecule has 2 saturated heterocycles. The summed E-state index contributed by atoms with van der Waals surface area (Å²) in [6.45, 7) is 11.3. The van der Waals surface area contributed by atoms with Crippen molar-refractivity contribution in [3.05, 3.63) is 48.5 Å². The van der Waals surface area contributed by atoms with E-state index in [1.165, 1.54) is 10.8 Å². The van der Waals surface area contributed by atoms with Gasteiger partial charge in [-0.1, -0.05) is 76.2 Å². The molecule has 2 aliphatic rings. The zero-order valence-electron chi connectivity index (χ0n) is 17.2. The lowest BCUT2D eigenvalue weighted by Gasteiger charge is -1.92. The van der Waals surface area contributed by atoms with E-state index in [9.17, 15) is 0 Å². The molecule has 4 nitrogen and oxygen atoms in total. The topological polar surface area (TPSA) is 43.5 Å². The van der Waals surface area contributed by atoms with E-state index in [4.69, 9.17) is 18.9 Å². The van der Waals surface area contributed by atoms with Crippen LogP contribution in [0.5, 0.6) is 0 Å². The minimum Gasteiger partial charge on any atom is -0.382 e. The third-order valence-electron chi connectivity index (χ3n) is 3.17. The maximum Gasteiger partial charge on any atom is 0.104 e. The van der Waals surface area contributed by atoms with Crippen LogP contribution in [0.1, 0.15) is 27.7 Å². The van der Waals surface area contributed by atoms with Gasteiger partial charge in [0, 0.05) is 14.2 Å². The van der Waals surface area contributed by atoms with E-state index in [0.29, 0.717) is 12.2 Å². The molecule has 0 aliphatic carbocycles. The third-order valence-corrected chi connectivity index (χ3v) is 3.17. The van der Waals surface area contributed by atoms with Gasteiger partial charge in [-0.2, -0.15) is 0 Å². The van der Waals surface area contributed by atoms with Crippen LogP contribution in [0.25, 0.3) is 10.8 Å². The first-order valence-electron chi connectivity index (χ1n) is 9.48. The Morgan fingerprint density at radius 2 is 0.962 bits per heavy atom. The van der Waals surface area contributed by atoms with E-state index in [1.54, 1.807) is 14.2 Å². The average molecular weight is 365 g/mol. The molecule has 0 aromatic heterocycles. The highest BCUT2D eigenvalue weighted by atomic mass is 16.6. The second kappa shape index (κ2) is 17.0. The Kier molecular flexibility index (Phi) is 16.0. The van der Waals surface area contributed by atoms with Crippen LogP contribution in [0.15, 0.2) is 48.5 Å². The average Bonchev–Trinajstić information content (AvgIpc) is 3.64. The van der Waals surface area contributed by atoms with Crippen molar-refractivity contribution in [2.45, 2.75) is 39.9 Å². The van der Waals surface area contributed by atoms with Crippen molar-refractivity contribution >= 4 is 10.8 Å². The van der Waals surface area contributed by atoms with Crippen molar-refractivity contribution < 1.29 is 18.9 Å². The molecule has 0 radical (unpaired) electrons. The molecule has 2 aromatic rings. The Bertz CT molecular complexity index is 457. The lowest BCUT2D eigenvalue weighted by atomic mass is 10.1. The first-order chi connectivity index (χ1) is 12.8. The first kappa shape index (κ1) is 24.5. The second-order valence-electron chi connectivity index (χ2n) is 5.17. The predicted molar refractivity (Wildman–Crippen MR) is 110 cm³/mol. The summed E-state index contributed by atoms with van der Waals surface area (Å²) in [5, 5.41) is 2.62. The highest BCUT2D eigenvalue weighted by Crippen LogP contribution is 2.11. The van der Waals surface area contributed by atoms with Gasteiger partial charge in [-0.05, 0) is 10.8 Å². The lowest BCUT2D eigenvalue weighted by molar-refractivity contribution is 0.171. The van der Waals surface area contributed by atoms with Gasteiger partial charge in [-0.15, -0.1) is 0 Å². The van der Waals surface area contributed by atoms with Crippen LogP contribution < -0.4 is 0 Å². The maximum absolute atomic E-state index is 4.82. The zero-order chi connectivity index (χ0) is 19.6. The Morgan fingerprint density at radius 1 is 0.692 bits per heavy atom. The first-order valence-corrected chi connectivity index (χ1v) is 9.48. The molecular formula is C22H36O4. The van der Waals surface area contributed by atoms with Crippen LogP contribution in [0.4, 0.5) is 0 Å². The van der Waals surface area contributed by atoms with Gasteiger partial charge in [0.25, 0.3) is 0 Å². The minimum absolute atomic E-state index is 0.426. The van der Waals surface area contributed by atoms with E-state index >= 15 is 0 Å². The summed E-state index contributed by atoms with van der Waals surface area (Å²) >= 11 is 0. The second-order valence-corrected chi connectivity index (χ2v) is 5.17. The summed E-state index contributed by atoms with van der Waals surface area (Å²) in [5.74, 6) is 0. The molecule has 2 fully saturated rings. The zero-order valence-corrected chi connectivity index (χ0v) is 17.2. The predicted octanol–water partition coefficient (Wildman–Crippen LogP) is 4.96. The summed E-state index contributed by atoms with van der Waals surface area (Å²) in [4.78, 5) is 0. The molecule has 26 heavy (non-hydrogen) atoms.